The van der Waals surface area contributed by atoms with Gasteiger partial charge in [-0.05, 0) is 18.6 Å². The second kappa shape index (κ2) is 5.14. The molecule has 3 nitrogen and oxygen atoms in total. The number of carbonyl (C=O) groups excluding carboxylic acids is 1. The molecule has 1 atom stereocenters. The molecule has 0 heterocycles. The molecule has 0 radical (unpaired) electrons. The summed E-state index contributed by atoms with van der Waals surface area (Å²) in [5.41, 5.74) is 6.43. The number of amides is 1. The first kappa shape index (κ1) is 12.0. The monoisotopic (exact) mass is 226 g/mol. The molecule has 0 saturated heterocycles. The number of likely N-dealkylation sites (N-methyl/N-ethyl adjacent to an activating group) is 1. The maximum Gasteiger partial charge on any atom is 0.239 e. The number of hydrogen-bond donors (Lipinski definition) is 1. The minimum atomic E-state index is -0.475. The van der Waals surface area contributed by atoms with Crippen LogP contribution in [0.3, 0.4) is 0 Å². The molecule has 4 heteroatoms. The zero-order valence-electron chi connectivity index (χ0n) is 8.90. The summed E-state index contributed by atoms with van der Waals surface area (Å²) < 4.78 is 0. The second-order valence-corrected chi connectivity index (χ2v) is 3.98. The molecule has 0 aliphatic rings. The van der Waals surface area contributed by atoms with Gasteiger partial charge in [0.05, 0.1) is 6.04 Å². The molecule has 0 spiro atoms. The molecule has 82 valence electrons. The molecule has 2 N–H and O–H groups in total. The molecule has 0 aromatic heterocycles. The Kier molecular flexibility index (Phi) is 4.12. The first-order chi connectivity index (χ1) is 7.02. The Balaban J connectivity index is 2.71. The number of carbonyl (C=O) groups is 1. The molecule has 0 fully saturated rings. The molecule has 1 rings (SSSR count). The van der Waals surface area contributed by atoms with Crippen molar-refractivity contribution in [3.8, 4) is 0 Å². The molecular formula is C11H15ClN2O. The van der Waals surface area contributed by atoms with Crippen LogP contribution < -0.4 is 5.73 Å². The lowest BCUT2D eigenvalue weighted by Gasteiger charge is -2.19. The zero-order chi connectivity index (χ0) is 11.4. The zero-order valence-corrected chi connectivity index (χ0v) is 9.66. The van der Waals surface area contributed by atoms with Gasteiger partial charge in [-0.2, -0.15) is 0 Å². The Morgan fingerprint density at radius 2 is 2.13 bits per heavy atom. The lowest BCUT2D eigenvalue weighted by molar-refractivity contribution is -0.131. The number of rotatable bonds is 3. The molecule has 1 aromatic carbocycles. The third-order valence-corrected chi connectivity index (χ3v) is 2.50. The second-order valence-electron chi connectivity index (χ2n) is 3.57. The van der Waals surface area contributed by atoms with Crippen LogP contribution in [0.25, 0.3) is 0 Å². The first-order valence-corrected chi connectivity index (χ1v) is 5.14. The van der Waals surface area contributed by atoms with Gasteiger partial charge in [-0.25, -0.2) is 0 Å². The van der Waals surface area contributed by atoms with Gasteiger partial charge in [0.1, 0.15) is 0 Å². The molecule has 0 saturated carbocycles. The number of halogens is 1. The molecule has 15 heavy (non-hydrogen) atoms. The van der Waals surface area contributed by atoms with Gasteiger partial charge in [-0.15, -0.1) is 0 Å². The van der Waals surface area contributed by atoms with Gasteiger partial charge in [-0.1, -0.05) is 29.8 Å². The average molecular weight is 227 g/mol. The third-order valence-electron chi connectivity index (χ3n) is 2.13. The Bertz CT molecular complexity index is 352. The van der Waals surface area contributed by atoms with E-state index in [-0.39, 0.29) is 5.91 Å². The molecule has 0 bridgehead atoms. The van der Waals surface area contributed by atoms with Crippen molar-refractivity contribution in [1.82, 2.24) is 4.90 Å². The van der Waals surface area contributed by atoms with E-state index in [0.29, 0.717) is 11.6 Å². The van der Waals surface area contributed by atoms with Crippen molar-refractivity contribution in [2.24, 2.45) is 5.73 Å². The van der Waals surface area contributed by atoms with Crippen molar-refractivity contribution in [1.29, 1.82) is 0 Å². The Labute approximate surface area is 94.8 Å². The fourth-order valence-corrected chi connectivity index (χ4v) is 1.50. The third kappa shape index (κ3) is 3.22. The lowest BCUT2D eigenvalue weighted by Crippen LogP contribution is -2.39. The summed E-state index contributed by atoms with van der Waals surface area (Å²) in [6, 6.07) is 6.98. The normalized spacial score (nSPS) is 12.3. The van der Waals surface area contributed by atoms with Crippen molar-refractivity contribution < 1.29 is 4.79 Å². The van der Waals surface area contributed by atoms with Gasteiger partial charge < -0.3 is 10.6 Å². The van der Waals surface area contributed by atoms with Crippen molar-refractivity contribution in [3.05, 3.63) is 34.9 Å². The highest BCUT2D eigenvalue weighted by Crippen LogP contribution is 2.16. The van der Waals surface area contributed by atoms with Gasteiger partial charge in [0.2, 0.25) is 5.91 Å². The van der Waals surface area contributed by atoms with Gasteiger partial charge in [0.25, 0.3) is 0 Å². The number of nitrogens with two attached hydrogens (primary N) is 1. The van der Waals surface area contributed by atoms with Crippen LogP contribution in [0.4, 0.5) is 0 Å². The van der Waals surface area contributed by atoms with Crippen molar-refractivity contribution in [2.45, 2.75) is 19.5 Å². The van der Waals surface area contributed by atoms with Crippen molar-refractivity contribution >= 4 is 17.5 Å². The average Bonchev–Trinajstić information content (AvgIpc) is 2.20. The fourth-order valence-electron chi connectivity index (χ4n) is 1.31. The minimum Gasteiger partial charge on any atom is -0.340 e. The van der Waals surface area contributed by atoms with Crippen molar-refractivity contribution in [2.75, 3.05) is 7.05 Å². The summed E-state index contributed by atoms with van der Waals surface area (Å²) in [5, 5.41) is 0.668. The molecule has 1 amide bonds. The highest BCUT2D eigenvalue weighted by Gasteiger charge is 2.14. The summed E-state index contributed by atoms with van der Waals surface area (Å²) in [7, 11) is 1.72. The van der Waals surface area contributed by atoms with Crippen LogP contribution in [0.1, 0.15) is 12.5 Å². The summed E-state index contributed by atoms with van der Waals surface area (Å²) >= 11 is 5.98. The van der Waals surface area contributed by atoms with E-state index in [0.717, 1.165) is 5.56 Å². The Morgan fingerprint density at radius 1 is 1.53 bits per heavy atom. The van der Waals surface area contributed by atoms with Crippen molar-refractivity contribution in [3.63, 3.8) is 0 Å². The highest BCUT2D eigenvalue weighted by molar-refractivity contribution is 6.31. The summed E-state index contributed by atoms with van der Waals surface area (Å²) in [6.45, 7) is 2.16. The van der Waals surface area contributed by atoms with Gasteiger partial charge in [0.15, 0.2) is 0 Å². The predicted molar refractivity (Wildman–Crippen MR) is 61.6 cm³/mol. The Morgan fingerprint density at radius 3 is 2.67 bits per heavy atom. The number of hydrogen-bond acceptors (Lipinski definition) is 2. The van der Waals surface area contributed by atoms with E-state index >= 15 is 0 Å². The van der Waals surface area contributed by atoms with Crippen LogP contribution in [0.15, 0.2) is 24.3 Å². The van der Waals surface area contributed by atoms with E-state index in [1.165, 1.54) is 0 Å². The predicted octanol–water partition coefficient (Wildman–Crippen LogP) is 1.65. The quantitative estimate of drug-likeness (QED) is 0.852. The first-order valence-electron chi connectivity index (χ1n) is 4.76. The molecule has 1 aromatic rings. The maximum absolute atomic E-state index is 11.5. The number of benzene rings is 1. The van der Waals surface area contributed by atoms with E-state index < -0.39 is 6.04 Å². The molecule has 0 aliphatic heterocycles. The standard InChI is InChI=1S/C11H15ClN2O/c1-8(13)11(15)14(2)7-9-5-3-4-6-10(9)12/h3-6,8H,7,13H2,1-2H3. The van der Waals surface area contributed by atoms with E-state index in [2.05, 4.69) is 0 Å². The van der Waals surface area contributed by atoms with Gasteiger partial charge >= 0.3 is 0 Å². The summed E-state index contributed by atoms with van der Waals surface area (Å²) in [6.07, 6.45) is 0. The smallest absolute Gasteiger partial charge is 0.239 e. The Hall–Kier alpha value is -1.06. The topological polar surface area (TPSA) is 46.3 Å². The SMILES string of the molecule is CC(N)C(=O)N(C)Cc1ccccc1Cl. The fraction of sp³-hybridized carbons (Fsp3) is 0.364. The highest BCUT2D eigenvalue weighted by atomic mass is 35.5. The van der Waals surface area contributed by atoms with E-state index in [1.807, 2.05) is 18.2 Å². The van der Waals surface area contributed by atoms with E-state index in [9.17, 15) is 4.79 Å². The molecule has 1 unspecified atom stereocenters. The maximum atomic E-state index is 11.5. The minimum absolute atomic E-state index is 0.0880. The van der Waals surface area contributed by atoms with Gasteiger partial charge in [0, 0.05) is 18.6 Å². The largest absolute Gasteiger partial charge is 0.340 e. The summed E-state index contributed by atoms with van der Waals surface area (Å²) in [4.78, 5) is 13.1. The van der Waals surface area contributed by atoms with Crippen LogP contribution >= 0.6 is 11.6 Å². The van der Waals surface area contributed by atoms with Crippen LogP contribution in [0.2, 0.25) is 5.02 Å². The van der Waals surface area contributed by atoms with Gasteiger partial charge in [-0.3, -0.25) is 4.79 Å². The van der Waals surface area contributed by atoms with Crippen LogP contribution in [0, 0.1) is 0 Å². The van der Waals surface area contributed by atoms with E-state index in [1.54, 1.807) is 24.9 Å². The van der Waals surface area contributed by atoms with Crippen LogP contribution in [-0.4, -0.2) is 23.9 Å². The molecule has 0 aliphatic carbocycles. The lowest BCUT2D eigenvalue weighted by atomic mass is 10.2. The van der Waals surface area contributed by atoms with Crippen LogP contribution in [-0.2, 0) is 11.3 Å². The summed E-state index contributed by atoms with van der Waals surface area (Å²) in [5.74, 6) is -0.0880. The number of nitrogens with zero attached hydrogens (tertiary/aromatic N) is 1. The molecular weight excluding hydrogens is 212 g/mol. The van der Waals surface area contributed by atoms with Crippen LogP contribution in [0.5, 0.6) is 0 Å². The van der Waals surface area contributed by atoms with E-state index in [4.69, 9.17) is 17.3 Å².